The molecule has 1 N–H and O–H groups in total. The van der Waals surface area contributed by atoms with E-state index in [4.69, 9.17) is 14.7 Å². The van der Waals surface area contributed by atoms with Crippen molar-refractivity contribution in [3.05, 3.63) is 65.4 Å². The Morgan fingerprint density at radius 2 is 1.93 bits per heavy atom. The molecule has 142 valence electrons. The van der Waals surface area contributed by atoms with Gasteiger partial charge in [0.1, 0.15) is 5.75 Å². The predicted molar refractivity (Wildman–Crippen MR) is 104 cm³/mol. The van der Waals surface area contributed by atoms with E-state index < -0.39 is 12.1 Å². The van der Waals surface area contributed by atoms with Crippen LogP contribution in [0.25, 0.3) is 10.9 Å². The lowest BCUT2D eigenvalue weighted by Gasteiger charge is -2.13. The molecule has 6 heteroatoms. The van der Waals surface area contributed by atoms with Crippen molar-refractivity contribution < 1.29 is 19.1 Å². The number of ketones is 1. The lowest BCUT2D eigenvalue weighted by Crippen LogP contribution is -2.28. The summed E-state index contributed by atoms with van der Waals surface area (Å²) in [7, 11) is 0. The summed E-state index contributed by atoms with van der Waals surface area (Å²) in [5, 5.41) is 9.62. The Kier molecular flexibility index (Phi) is 5.75. The fraction of sp³-hybridized carbons (Fsp3) is 0.227. The first-order valence-electron chi connectivity index (χ1n) is 8.99. The van der Waals surface area contributed by atoms with E-state index in [1.165, 1.54) is 0 Å². The zero-order valence-electron chi connectivity index (χ0n) is 15.7. The van der Waals surface area contributed by atoms with Crippen LogP contribution in [-0.2, 0) is 16.0 Å². The molecule has 3 rings (SSSR count). The molecule has 0 radical (unpaired) electrons. The lowest BCUT2D eigenvalue weighted by molar-refractivity contribution is -0.149. The number of para-hydroxylation sites is 1. The Bertz CT molecular complexity index is 1040. The number of rotatable bonds is 7. The van der Waals surface area contributed by atoms with Crippen LogP contribution in [0.1, 0.15) is 35.3 Å². The number of nitriles is 1. The number of hydrogen-bond donors (Lipinski definition) is 1. The van der Waals surface area contributed by atoms with Crippen LogP contribution in [0.3, 0.4) is 0 Å². The first kappa shape index (κ1) is 19.2. The maximum Gasteiger partial charge on any atom is 0.347 e. The zero-order valence-corrected chi connectivity index (χ0v) is 15.7. The Morgan fingerprint density at radius 3 is 2.61 bits per heavy atom. The summed E-state index contributed by atoms with van der Waals surface area (Å²) in [6.07, 6.45) is 1.62. The van der Waals surface area contributed by atoms with Crippen LogP contribution in [0.2, 0.25) is 0 Å². The second-order valence-corrected chi connectivity index (χ2v) is 6.32. The van der Waals surface area contributed by atoms with Crippen LogP contribution in [0.4, 0.5) is 0 Å². The van der Waals surface area contributed by atoms with E-state index in [2.05, 4.69) is 4.98 Å². The van der Waals surface area contributed by atoms with Crippen molar-refractivity contribution in [2.75, 3.05) is 6.61 Å². The molecule has 0 spiro atoms. The van der Waals surface area contributed by atoms with Crippen LogP contribution in [0, 0.1) is 11.3 Å². The summed E-state index contributed by atoms with van der Waals surface area (Å²) in [6, 6.07) is 14.2. The number of H-pyrrole nitrogens is 1. The number of carbonyl (C=O) groups is 2. The molecule has 0 saturated heterocycles. The summed E-state index contributed by atoms with van der Waals surface area (Å²) < 4.78 is 10.6. The van der Waals surface area contributed by atoms with Gasteiger partial charge in [0.15, 0.2) is 12.7 Å². The molecule has 0 aliphatic heterocycles. The highest BCUT2D eigenvalue weighted by Crippen LogP contribution is 2.22. The first-order valence-corrected chi connectivity index (χ1v) is 8.99. The average molecular weight is 376 g/mol. The van der Waals surface area contributed by atoms with Gasteiger partial charge in [-0.05, 0) is 43.2 Å². The molecule has 6 nitrogen and oxygen atoms in total. The highest BCUT2D eigenvalue weighted by Gasteiger charge is 2.20. The Morgan fingerprint density at radius 1 is 1.18 bits per heavy atom. The fourth-order valence-corrected chi connectivity index (χ4v) is 2.93. The van der Waals surface area contributed by atoms with E-state index in [0.717, 1.165) is 22.9 Å². The number of aromatic amines is 1. The summed E-state index contributed by atoms with van der Waals surface area (Å²) >= 11 is 0. The van der Waals surface area contributed by atoms with Crippen LogP contribution in [0.15, 0.2) is 48.7 Å². The second kappa shape index (κ2) is 8.40. The topological polar surface area (TPSA) is 92.2 Å². The molecule has 2 aromatic carbocycles. The number of nitrogens with one attached hydrogen (secondary N) is 1. The van der Waals surface area contributed by atoms with E-state index in [-0.39, 0.29) is 12.4 Å². The quantitative estimate of drug-likeness (QED) is 0.500. The van der Waals surface area contributed by atoms with Gasteiger partial charge in [0.25, 0.3) is 0 Å². The second-order valence-electron chi connectivity index (χ2n) is 6.32. The van der Waals surface area contributed by atoms with Crippen molar-refractivity contribution in [2.24, 2.45) is 0 Å². The summed E-state index contributed by atoms with van der Waals surface area (Å²) in [5.74, 6) is -0.469. The number of ether oxygens (including phenoxy) is 2. The predicted octanol–water partition coefficient (Wildman–Crippen LogP) is 3.80. The third kappa shape index (κ3) is 4.04. The molecule has 0 amide bonds. The van der Waals surface area contributed by atoms with Gasteiger partial charge in [-0.25, -0.2) is 4.79 Å². The van der Waals surface area contributed by atoms with Gasteiger partial charge < -0.3 is 14.5 Å². The van der Waals surface area contributed by atoms with E-state index in [1.807, 2.05) is 31.2 Å². The van der Waals surface area contributed by atoms with Gasteiger partial charge in [-0.15, -0.1) is 0 Å². The molecule has 0 saturated carbocycles. The molecule has 0 aliphatic carbocycles. The molecule has 3 aromatic rings. The van der Waals surface area contributed by atoms with Crippen molar-refractivity contribution in [1.29, 1.82) is 5.26 Å². The maximum atomic E-state index is 12.5. The lowest BCUT2D eigenvalue weighted by atomic mass is 10.1. The minimum atomic E-state index is -0.879. The number of fused-ring (bicyclic) bond motifs is 1. The van der Waals surface area contributed by atoms with Gasteiger partial charge >= 0.3 is 5.97 Å². The van der Waals surface area contributed by atoms with Crippen LogP contribution < -0.4 is 4.74 Å². The summed E-state index contributed by atoms with van der Waals surface area (Å²) in [6.45, 7) is 3.24. The molecule has 1 atom stereocenters. The van der Waals surface area contributed by atoms with Crippen molar-refractivity contribution >= 4 is 22.7 Å². The van der Waals surface area contributed by atoms with Crippen LogP contribution in [-0.4, -0.2) is 29.4 Å². The molecule has 0 aliphatic rings. The molecular weight excluding hydrogens is 356 g/mol. The molecule has 28 heavy (non-hydrogen) atoms. The van der Waals surface area contributed by atoms with Gasteiger partial charge in [0.05, 0.1) is 11.6 Å². The smallest absolute Gasteiger partial charge is 0.347 e. The van der Waals surface area contributed by atoms with Gasteiger partial charge in [-0.1, -0.05) is 25.1 Å². The third-order valence-corrected chi connectivity index (χ3v) is 4.46. The molecular formula is C22H20N2O4. The van der Waals surface area contributed by atoms with Gasteiger partial charge in [-0.3, -0.25) is 4.79 Å². The third-order valence-electron chi connectivity index (χ3n) is 4.46. The normalized spacial score (nSPS) is 11.6. The SMILES string of the molecule is CCc1cccc2c(C(=O)COC(=O)[C@@H](C)Oc3ccc(C#N)cc3)c[nH]c12. The van der Waals surface area contributed by atoms with Crippen LogP contribution >= 0.6 is 0 Å². The highest BCUT2D eigenvalue weighted by atomic mass is 16.6. The van der Waals surface area contributed by atoms with Gasteiger partial charge in [-0.2, -0.15) is 5.26 Å². The minimum Gasteiger partial charge on any atom is -0.479 e. The first-order chi connectivity index (χ1) is 13.5. The van der Waals surface area contributed by atoms with E-state index in [1.54, 1.807) is 37.4 Å². The van der Waals surface area contributed by atoms with Crippen molar-refractivity contribution in [1.82, 2.24) is 4.98 Å². The van der Waals surface area contributed by atoms with E-state index in [9.17, 15) is 9.59 Å². The Hall–Kier alpha value is -3.59. The number of Topliss-reactive ketones (excluding diaryl/α,β-unsaturated/α-hetero) is 1. The highest BCUT2D eigenvalue weighted by molar-refractivity contribution is 6.09. The number of hydrogen-bond acceptors (Lipinski definition) is 5. The van der Waals surface area contributed by atoms with Crippen molar-refractivity contribution in [3.63, 3.8) is 0 Å². The van der Waals surface area contributed by atoms with Crippen LogP contribution in [0.5, 0.6) is 5.75 Å². The molecule has 0 unspecified atom stereocenters. The Labute approximate surface area is 162 Å². The number of aromatic nitrogens is 1. The molecule has 1 heterocycles. The fourth-order valence-electron chi connectivity index (χ4n) is 2.93. The molecule has 1 aromatic heterocycles. The van der Waals surface area contributed by atoms with Gasteiger partial charge in [0, 0.05) is 22.7 Å². The number of carbonyl (C=O) groups excluding carboxylic acids is 2. The monoisotopic (exact) mass is 376 g/mol. The van der Waals surface area contributed by atoms with Gasteiger partial charge in [0.2, 0.25) is 5.78 Å². The van der Waals surface area contributed by atoms with Crippen molar-refractivity contribution in [2.45, 2.75) is 26.4 Å². The largest absolute Gasteiger partial charge is 0.479 e. The number of esters is 1. The van der Waals surface area contributed by atoms with Crippen molar-refractivity contribution in [3.8, 4) is 11.8 Å². The zero-order chi connectivity index (χ0) is 20.1. The Balaban J connectivity index is 1.61. The summed E-state index contributed by atoms with van der Waals surface area (Å²) in [4.78, 5) is 27.8. The molecule has 0 bridgehead atoms. The van der Waals surface area contributed by atoms with E-state index in [0.29, 0.717) is 16.9 Å². The number of nitrogens with zero attached hydrogens (tertiary/aromatic N) is 1. The standard InChI is InChI=1S/C22H20N2O4/c1-3-16-5-4-6-18-19(12-24-21(16)18)20(25)13-27-22(26)14(2)28-17-9-7-15(11-23)8-10-17/h4-10,12,14,24H,3,13H2,1-2H3/t14-/m1/s1. The molecule has 0 fully saturated rings. The summed E-state index contributed by atoms with van der Waals surface area (Å²) in [5.41, 5.74) is 3.05. The number of aryl methyl sites for hydroxylation is 1. The minimum absolute atomic E-state index is 0.279. The number of benzene rings is 2. The average Bonchev–Trinajstić information content (AvgIpc) is 3.16. The maximum absolute atomic E-state index is 12.5. The van der Waals surface area contributed by atoms with E-state index >= 15 is 0 Å².